The standard InChI is InChI=1S/C28H31N3O5S/c1-36-16-4-15-31-25-13-8-19(23-6-2-7-24(27(23)25)28(31)33)17-26(32)20-5-3-14-30(18-20)37(34,35)22-11-9-21(29)10-12-22/h2,6-13,20H,3-5,14-18,29H2,1H3. The minimum atomic E-state index is -3.70. The van der Waals surface area contributed by atoms with Gasteiger partial charge >= 0.3 is 0 Å². The number of benzene rings is 3. The van der Waals surface area contributed by atoms with Crippen molar-refractivity contribution >= 4 is 43.9 Å². The van der Waals surface area contributed by atoms with Crippen LogP contribution < -0.4 is 10.6 Å². The molecule has 0 radical (unpaired) electrons. The lowest BCUT2D eigenvalue weighted by molar-refractivity contribution is -0.123. The number of rotatable bonds is 9. The van der Waals surface area contributed by atoms with Gasteiger partial charge < -0.3 is 15.4 Å². The number of ether oxygens (including phenoxy) is 1. The molecule has 8 nitrogen and oxygen atoms in total. The third kappa shape index (κ3) is 4.74. The number of hydrogen-bond donors (Lipinski definition) is 1. The largest absolute Gasteiger partial charge is 0.399 e. The van der Waals surface area contributed by atoms with Crippen LogP contribution >= 0.6 is 0 Å². The molecule has 1 amide bonds. The van der Waals surface area contributed by atoms with Gasteiger partial charge in [0.15, 0.2) is 0 Å². The minimum Gasteiger partial charge on any atom is -0.399 e. The maximum Gasteiger partial charge on any atom is 0.258 e. The Bertz CT molecular complexity index is 1450. The summed E-state index contributed by atoms with van der Waals surface area (Å²) >= 11 is 0. The highest BCUT2D eigenvalue weighted by Gasteiger charge is 2.34. The number of methoxy groups -OCH3 is 1. The van der Waals surface area contributed by atoms with Crippen LogP contribution in [0.1, 0.15) is 35.2 Å². The van der Waals surface area contributed by atoms with E-state index in [4.69, 9.17) is 10.5 Å². The molecule has 2 aliphatic heterocycles. The molecule has 0 bridgehead atoms. The van der Waals surface area contributed by atoms with Crippen LogP contribution in [0.2, 0.25) is 0 Å². The Hall–Kier alpha value is -3.27. The minimum absolute atomic E-state index is 0.0131. The van der Waals surface area contributed by atoms with Crippen molar-refractivity contribution in [1.82, 2.24) is 4.31 Å². The molecule has 1 unspecified atom stereocenters. The van der Waals surface area contributed by atoms with Crippen molar-refractivity contribution in [2.75, 3.05) is 44.0 Å². The first-order valence-electron chi connectivity index (χ1n) is 12.5. The number of hydrogen-bond acceptors (Lipinski definition) is 6. The van der Waals surface area contributed by atoms with E-state index in [1.165, 1.54) is 16.4 Å². The Morgan fingerprint density at radius 2 is 1.89 bits per heavy atom. The molecule has 2 N–H and O–H groups in total. The van der Waals surface area contributed by atoms with Crippen LogP contribution in [-0.4, -0.2) is 57.8 Å². The van der Waals surface area contributed by atoms with E-state index in [-0.39, 0.29) is 35.5 Å². The van der Waals surface area contributed by atoms with Gasteiger partial charge in [-0.3, -0.25) is 9.59 Å². The number of nitrogens with zero attached hydrogens (tertiary/aromatic N) is 2. The smallest absolute Gasteiger partial charge is 0.258 e. The average molecular weight is 522 g/mol. The van der Waals surface area contributed by atoms with E-state index in [1.807, 2.05) is 30.3 Å². The van der Waals surface area contributed by atoms with Crippen molar-refractivity contribution in [3.8, 4) is 0 Å². The number of nitrogens with two attached hydrogens (primary N) is 1. The molecule has 0 saturated carbocycles. The molecule has 5 rings (SSSR count). The predicted octanol–water partition coefficient (Wildman–Crippen LogP) is 3.63. The molecule has 194 valence electrons. The molecule has 1 atom stereocenters. The third-order valence-electron chi connectivity index (χ3n) is 7.33. The number of sulfonamides is 1. The Balaban J connectivity index is 1.36. The van der Waals surface area contributed by atoms with Crippen LogP contribution in [0.3, 0.4) is 0 Å². The quantitative estimate of drug-likeness (QED) is 0.340. The van der Waals surface area contributed by atoms with Gasteiger partial charge in [0.05, 0.1) is 10.6 Å². The lowest BCUT2D eigenvalue weighted by atomic mass is 9.89. The normalized spacial score (nSPS) is 18.0. The Morgan fingerprint density at radius 3 is 2.65 bits per heavy atom. The second-order valence-corrected chi connectivity index (χ2v) is 11.6. The van der Waals surface area contributed by atoms with Gasteiger partial charge in [0, 0.05) is 62.3 Å². The summed E-state index contributed by atoms with van der Waals surface area (Å²) in [5.74, 6) is -0.400. The van der Waals surface area contributed by atoms with Crippen LogP contribution in [-0.2, 0) is 26.0 Å². The first kappa shape index (κ1) is 25.4. The molecule has 0 spiro atoms. The molecular formula is C28H31N3O5S. The molecule has 0 aliphatic carbocycles. The average Bonchev–Trinajstić information content (AvgIpc) is 3.18. The summed E-state index contributed by atoms with van der Waals surface area (Å²) in [6.07, 6.45) is 2.20. The molecule has 2 aliphatic rings. The zero-order valence-electron chi connectivity index (χ0n) is 20.9. The van der Waals surface area contributed by atoms with Gasteiger partial charge in [-0.05, 0) is 66.6 Å². The zero-order chi connectivity index (χ0) is 26.2. The summed E-state index contributed by atoms with van der Waals surface area (Å²) in [6.45, 7) is 1.69. The monoisotopic (exact) mass is 521 g/mol. The fourth-order valence-electron chi connectivity index (χ4n) is 5.39. The SMILES string of the molecule is COCCCN1C(=O)c2cccc3c(CC(=O)C4CCCN(S(=O)(=O)c5ccc(N)cc5)C4)ccc1c23. The predicted molar refractivity (Wildman–Crippen MR) is 143 cm³/mol. The lowest BCUT2D eigenvalue weighted by Crippen LogP contribution is -2.42. The van der Waals surface area contributed by atoms with Crippen molar-refractivity contribution < 1.29 is 22.7 Å². The summed E-state index contributed by atoms with van der Waals surface area (Å²) in [5, 5.41) is 1.78. The van der Waals surface area contributed by atoms with Crippen LogP contribution in [0.4, 0.5) is 11.4 Å². The highest BCUT2D eigenvalue weighted by atomic mass is 32.2. The summed E-state index contributed by atoms with van der Waals surface area (Å²) in [7, 11) is -2.06. The number of carbonyl (C=O) groups excluding carboxylic acids is 2. The molecule has 2 heterocycles. The molecule has 3 aromatic rings. The van der Waals surface area contributed by atoms with E-state index >= 15 is 0 Å². The van der Waals surface area contributed by atoms with Gasteiger partial charge in [-0.25, -0.2) is 8.42 Å². The van der Waals surface area contributed by atoms with Gasteiger partial charge in [0.25, 0.3) is 5.91 Å². The van der Waals surface area contributed by atoms with Crippen LogP contribution in [0, 0.1) is 5.92 Å². The maximum absolute atomic E-state index is 13.4. The number of ketones is 1. The van der Waals surface area contributed by atoms with Crippen molar-refractivity contribution in [3.05, 3.63) is 65.7 Å². The summed E-state index contributed by atoms with van der Waals surface area (Å²) < 4.78 is 32.9. The Kier molecular flexibility index (Phi) is 7.02. The van der Waals surface area contributed by atoms with Gasteiger partial charge in [0.2, 0.25) is 10.0 Å². The highest BCUT2D eigenvalue weighted by molar-refractivity contribution is 7.89. The molecule has 1 saturated heterocycles. The fraction of sp³-hybridized carbons (Fsp3) is 0.357. The summed E-state index contributed by atoms with van der Waals surface area (Å²) in [6, 6.07) is 15.6. The molecule has 3 aromatic carbocycles. The Labute approximate surface area is 217 Å². The molecular weight excluding hydrogens is 490 g/mol. The summed E-state index contributed by atoms with van der Waals surface area (Å²) in [4.78, 5) is 28.5. The van der Waals surface area contributed by atoms with E-state index in [9.17, 15) is 18.0 Å². The molecule has 0 aromatic heterocycles. The second kappa shape index (κ2) is 10.2. The number of carbonyl (C=O) groups is 2. The maximum atomic E-state index is 13.4. The number of piperidine rings is 1. The van der Waals surface area contributed by atoms with Crippen molar-refractivity contribution in [2.45, 2.75) is 30.6 Å². The number of anilines is 2. The topological polar surface area (TPSA) is 110 Å². The zero-order valence-corrected chi connectivity index (χ0v) is 21.7. The van der Waals surface area contributed by atoms with Crippen molar-refractivity contribution in [3.63, 3.8) is 0 Å². The van der Waals surface area contributed by atoms with Crippen LogP contribution in [0.25, 0.3) is 10.8 Å². The number of Topliss-reactive ketones (excluding diaryl/α,β-unsaturated/α-hetero) is 1. The number of amides is 1. The van der Waals surface area contributed by atoms with E-state index in [2.05, 4.69) is 0 Å². The van der Waals surface area contributed by atoms with Crippen molar-refractivity contribution in [1.29, 1.82) is 0 Å². The highest BCUT2D eigenvalue weighted by Crippen LogP contribution is 2.39. The van der Waals surface area contributed by atoms with E-state index in [0.717, 1.165) is 28.4 Å². The molecule has 9 heteroatoms. The van der Waals surface area contributed by atoms with E-state index in [1.54, 1.807) is 24.1 Å². The molecule has 1 fully saturated rings. The van der Waals surface area contributed by atoms with E-state index < -0.39 is 10.0 Å². The first-order chi connectivity index (χ1) is 17.8. The second-order valence-electron chi connectivity index (χ2n) is 9.69. The molecule has 37 heavy (non-hydrogen) atoms. The van der Waals surface area contributed by atoms with Crippen LogP contribution in [0.5, 0.6) is 0 Å². The number of nitrogen functional groups attached to an aromatic ring is 1. The van der Waals surface area contributed by atoms with Gasteiger partial charge in [0.1, 0.15) is 5.78 Å². The first-order valence-corrected chi connectivity index (χ1v) is 14.0. The fourth-order valence-corrected chi connectivity index (χ4v) is 6.92. The third-order valence-corrected chi connectivity index (χ3v) is 9.21. The van der Waals surface area contributed by atoms with Gasteiger partial charge in [-0.15, -0.1) is 0 Å². The summed E-state index contributed by atoms with van der Waals surface area (Å²) in [5.41, 5.74) is 8.57. The van der Waals surface area contributed by atoms with Gasteiger partial charge in [-0.2, -0.15) is 4.31 Å². The van der Waals surface area contributed by atoms with Crippen LogP contribution in [0.15, 0.2) is 59.5 Å². The van der Waals surface area contributed by atoms with Crippen molar-refractivity contribution in [2.24, 2.45) is 5.92 Å². The Morgan fingerprint density at radius 1 is 1.11 bits per heavy atom. The lowest BCUT2D eigenvalue weighted by Gasteiger charge is -2.31. The van der Waals surface area contributed by atoms with Gasteiger partial charge in [-0.1, -0.05) is 18.2 Å². The van der Waals surface area contributed by atoms with E-state index in [0.29, 0.717) is 43.8 Å².